The molecule has 2 aromatic carbocycles. The summed E-state index contributed by atoms with van der Waals surface area (Å²) >= 11 is 0. The number of amides is 1. The lowest BCUT2D eigenvalue weighted by Crippen LogP contribution is -2.36. The van der Waals surface area contributed by atoms with Crippen molar-refractivity contribution in [2.45, 2.75) is 25.9 Å². The Labute approximate surface area is 164 Å². The minimum atomic E-state index is 0.0806. The van der Waals surface area contributed by atoms with Gasteiger partial charge < -0.3 is 4.90 Å². The van der Waals surface area contributed by atoms with E-state index in [1.54, 1.807) is 4.68 Å². The van der Waals surface area contributed by atoms with Crippen molar-refractivity contribution in [3.8, 4) is 5.69 Å². The number of tetrazole rings is 1. The Morgan fingerprint density at radius 2 is 1.82 bits per heavy atom. The number of hydrogen-bond donors (Lipinski definition) is 0. The largest absolute Gasteiger partial charge is 0.337 e. The average molecular weight is 376 g/mol. The summed E-state index contributed by atoms with van der Waals surface area (Å²) < 4.78 is 1.57. The second kappa shape index (κ2) is 8.31. The van der Waals surface area contributed by atoms with Crippen LogP contribution in [0, 0.1) is 0 Å². The maximum Gasteiger partial charge on any atom is 0.253 e. The van der Waals surface area contributed by atoms with Crippen LogP contribution < -0.4 is 0 Å². The number of benzene rings is 2. The molecular formula is C21H24N6O. The van der Waals surface area contributed by atoms with Gasteiger partial charge in [0, 0.05) is 37.8 Å². The highest BCUT2D eigenvalue weighted by atomic mass is 16.2. The Morgan fingerprint density at radius 3 is 2.54 bits per heavy atom. The van der Waals surface area contributed by atoms with Crippen LogP contribution >= 0.6 is 0 Å². The Hall–Kier alpha value is -3.06. The van der Waals surface area contributed by atoms with Crippen molar-refractivity contribution < 1.29 is 4.79 Å². The summed E-state index contributed by atoms with van der Waals surface area (Å²) in [5.74, 6) is 0.0806. The van der Waals surface area contributed by atoms with Gasteiger partial charge in [-0.3, -0.25) is 9.69 Å². The Balaban J connectivity index is 1.41. The van der Waals surface area contributed by atoms with E-state index in [0.717, 1.165) is 38.3 Å². The predicted octanol–water partition coefficient (Wildman–Crippen LogP) is 2.40. The molecule has 0 bridgehead atoms. The quantitative estimate of drug-likeness (QED) is 0.699. The predicted molar refractivity (Wildman–Crippen MR) is 106 cm³/mol. The van der Waals surface area contributed by atoms with Crippen LogP contribution in [0.25, 0.3) is 5.69 Å². The van der Waals surface area contributed by atoms with E-state index in [1.165, 1.54) is 11.9 Å². The van der Waals surface area contributed by atoms with Crippen LogP contribution in [0.5, 0.6) is 0 Å². The zero-order chi connectivity index (χ0) is 19.3. The molecule has 7 nitrogen and oxygen atoms in total. The van der Waals surface area contributed by atoms with Crippen LogP contribution in [-0.2, 0) is 6.54 Å². The highest BCUT2D eigenvalue weighted by Crippen LogP contribution is 2.17. The number of hydrogen-bond acceptors (Lipinski definition) is 5. The molecule has 1 unspecified atom stereocenters. The maximum atomic E-state index is 13.0. The lowest BCUT2D eigenvalue weighted by Gasteiger charge is -2.26. The summed E-state index contributed by atoms with van der Waals surface area (Å²) in [6.07, 6.45) is 2.51. The number of carbonyl (C=O) groups excluding carboxylic acids is 1. The molecule has 28 heavy (non-hydrogen) atoms. The molecule has 1 saturated heterocycles. The SMILES string of the molecule is CC1CCN(C(=O)c2ccc(-n3cnnn3)cc2)CCN1Cc1ccccc1. The summed E-state index contributed by atoms with van der Waals surface area (Å²) in [5, 5.41) is 11.1. The van der Waals surface area contributed by atoms with Gasteiger partial charge in [0.15, 0.2) is 0 Å². The van der Waals surface area contributed by atoms with Crippen molar-refractivity contribution in [2.24, 2.45) is 0 Å². The van der Waals surface area contributed by atoms with Gasteiger partial charge in [-0.25, -0.2) is 4.68 Å². The molecule has 0 aliphatic carbocycles. The van der Waals surface area contributed by atoms with Crippen molar-refractivity contribution in [1.29, 1.82) is 0 Å². The van der Waals surface area contributed by atoms with Gasteiger partial charge in [-0.05, 0) is 53.6 Å². The zero-order valence-electron chi connectivity index (χ0n) is 16.0. The van der Waals surface area contributed by atoms with Gasteiger partial charge in [0.05, 0.1) is 5.69 Å². The highest BCUT2D eigenvalue weighted by molar-refractivity contribution is 5.94. The molecule has 7 heteroatoms. The third-order valence-electron chi connectivity index (χ3n) is 5.34. The molecular weight excluding hydrogens is 352 g/mol. The molecule has 2 heterocycles. The Kier molecular flexibility index (Phi) is 5.43. The average Bonchev–Trinajstić information content (AvgIpc) is 3.22. The van der Waals surface area contributed by atoms with E-state index < -0.39 is 0 Å². The summed E-state index contributed by atoms with van der Waals surface area (Å²) in [6, 6.07) is 18.4. The molecule has 1 aliphatic rings. The molecule has 0 spiro atoms. The summed E-state index contributed by atoms with van der Waals surface area (Å²) in [6.45, 7) is 5.57. The fourth-order valence-corrected chi connectivity index (χ4v) is 3.58. The van der Waals surface area contributed by atoms with Gasteiger partial charge >= 0.3 is 0 Å². The fraction of sp³-hybridized carbons (Fsp3) is 0.333. The van der Waals surface area contributed by atoms with Crippen LogP contribution in [0.1, 0.15) is 29.3 Å². The van der Waals surface area contributed by atoms with E-state index in [2.05, 4.69) is 51.6 Å². The van der Waals surface area contributed by atoms with E-state index in [1.807, 2.05) is 35.2 Å². The molecule has 0 N–H and O–H groups in total. The van der Waals surface area contributed by atoms with Crippen LogP contribution in [0.2, 0.25) is 0 Å². The number of carbonyl (C=O) groups is 1. The minimum Gasteiger partial charge on any atom is -0.337 e. The van der Waals surface area contributed by atoms with Crippen molar-refractivity contribution >= 4 is 5.91 Å². The Bertz CT molecular complexity index is 894. The minimum absolute atomic E-state index is 0.0806. The number of aromatic nitrogens is 4. The number of rotatable bonds is 4. The topological polar surface area (TPSA) is 67.2 Å². The van der Waals surface area contributed by atoms with Crippen molar-refractivity contribution in [3.05, 3.63) is 72.1 Å². The van der Waals surface area contributed by atoms with Crippen molar-refractivity contribution in [2.75, 3.05) is 19.6 Å². The number of nitrogens with zero attached hydrogens (tertiary/aromatic N) is 6. The van der Waals surface area contributed by atoms with Gasteiger partial charge in [-0.15, -0.1) is 5.10 Å². The molecule has 3 aromatic rings. The third kappa shape index (κ3) is 4.09. The molecule has 1 amide bonds. The molecule has 4 rings (SSSR count). The van der Waals surface area contributed by atoms with Gasteiger partial charge in [0.25, 0.3) is 5.91 Å². The third-order valence-corrected chi connectivity index (χ3v) is 5.34. The molecule has 144 valence electrons. The fourth-order valence-electron chi connectivity index (χ4n) is 3.58. The monoisotopic (exact) mass is 376 g/mol. The van der Waals surface area contributed by atoms with E-state index in [4.69, 9.17) is 0 Å². The maximum absolute atomic E-state index is 13.0. The standard InChI is InChI=1S/C21H24N6O/c1-17-11-12-25(13-14-26(17)15-18-5-3-2-4-6-18)21(28)19-7-9-20(10-8-19)27-16-22-23-24-27/h2-10,16-17H,11-15H2,1H3. The van der Waals surface area contributed by atoms with Crippen molar-refractivity contribution in [3.63, 3.8) is 0 Å². The lowest BCUT2D eigenvalue weighted by molar-refractivity contribution is 0.0761. The second-order valence-corrected chi connectivity index (χ2v) is 7.19. The van der Waals surface area contributed by atoms with E-state index in [0.29, 0.717) is 11.6 Å². The Morgan fingerprint density at radius 1 is 1.04 bits per heavy atom. The molecule has 1 aromatic heterocycles. The van der Waals surface area contributed by atoms with Gasteiger partial charge in [-0.2, -0.15) is 0 Å². The van der Waals surface area contributed by atoms with Crippen LogP contribution in [0.15, 0.2) is 60.9 Å². The smallest absolute Gasteiger partial charge is 0.253 e. The van der Waals surface area contributed by atoms with Crippen LogP contribution in [-0.4, -0.2) is 61.6 Å². The molecule has 1 fully saturated rings. The van der Waals surface area contributed by atoms with Gasteiger partial charge in [0.1, 0.15) is 6.33 Å². The zero-order valence-corrected chi connectivity index (χ0v) is 16.0. The lowest BCUT2D eigenvalue weighted by atomic mass is 10.1. The molecule has 0 saturated carbocycles. The van der Waals surface area contributed by atoms with Crippen LogP contribution in [0.4, 0.5) is 0 Å². The van der Waals surface area contributed by atoms with Gasteiger partial charge in [0.2, 0.25) is 0 Å². The second-order valence-electron chi connectivity index (χ2n) is 7.19. The van der Waals surface area contributed by atoms with E-state index in [-0.39, 0.29) is 5.91 Å². The summed E-state index contributed by atoms with van der Waals surface area (Å²) in [7, 11) is 0. The summed E-state index contributed by atoms with van der Waals surface area (Å²) in [4.78, 5) is 17.4. The van der Waals surface area contributed by atoms with Crippen LogP contribution in [0.3, 0.4) is 0 Å². The first-order chi connectivity index (χ1) is 13.7. The van der Waals surface area contributed by atoms with E-state index >= 15 is 0 Å². The first kappa shape index (κ1) is 18.3. The molecule has 0 radical (unpaired) electrons. The molecule has 1 aliphatic heterocycles. The van der Waals surface area contributed by atoms with E-state index in [9.17, 15) is 4.79 Å². The first-order valence-corrected chi connectivity index (χ1v) is 9.61. The molecule has 1 atom stereocenters. The van der Waals surface area contributed by atoms with Gasteiger partial charge in [-0.1, -0.05) is 30.3 Å². The summed E-state index contributed by atoms with van der Waals surface area (Å²) in [5.41, 5.74) is 2.84. The van der Waals surface area contributed by atoms with Crippen molar-refractivity contribution in [1.82, 2.24) is 30.0 Å². The highest BCUT2D eigenvalue weighted by Gasteiger charge is 2.24. The normalized spacial score (nSPS) is 18.0. The first-order valence-electron chi connectivity index (χ1n) is 9.61.